The van der Waals surface area contributed by atoms with Gasteiger partial charge in [-0.05, 0) is 12.8 Å². The zero-order valence-corrected chi connectivity index (χ0v) is 6.00. The molecule has 0 saturated carbocycles. The number of carboxylic acids is 1. The minimum atomic E-state index is -0.730. The summed E-state index contributed by atoms with van der Waals surface area (Å²) < 4.78 is 0. The van der Waals surface area contributed by atoms with E-state index in [9.17, 15) is 4.79 Å². The first-order valence-corrected chi connectivity index (χ1v) is 2.60. The molecule has 0 aliphatic heterocycles. The molecule has 2 nitrogen and oxygen atoms in total. The van der Waals surface area contributed by atoms with Crippen molar-refractivity contribution in [3.63, 3.8) is 0 Å². The van der Waals surface area contributed by atoms with Crippen molar-refractivity contribution < 1.29 is 27.0 Å². The van der Waals surface area contributed by atoms with Gasteiger partial charge in [0, 0.05) is 23.5 Å². The molecule has 1 N–H and O–H groups in total. The Labute approximate surface area is 65.4 Å². The number of unbranched alkanes of at least 4 members (excludes halogenated alkanes) is 1. The maximum atomic E-state index is 9.84. The van der Waals surface area contributed by atoms with Gasteiger partial charge in [-0.2, -0.15) is 0 Å². The Hall–Kier alpha value is -0.271. The standard InChI is InChI=1S/C6H10O2.Cu/c1-2-3-4-5-6(7)8;/h2H,1,3-5H2,(H,7,8);. The molecule has 0 aromatic heterocycles. The van der Waals surface area contributed by atoms with Crippen LogP contribution in [0.3, 0.4) is 0 Å². The average Bonchev–Trinajstić information content (AvgIpc) is 1.66. The fourth-order valence-electron chi connectivity index (χ4n) is 0.398. The van der Waals surface area contributed by atoms with Crippen LogP contribution in [0.2, 0.25) is 0 Å². The second kappa shape index (κ2) is 7.73. The van der Waals surface area contributed by atoms with Crippen molar-refractivity contribution in [2.75, 3.05) is 0 Å². The Morgan fingerprint density at radius 2 is 2.22 bits per heavy atom. The summed E-state index contributed by atoms with van der Waals surface area (Å²) in [5, 5.41) is 8.11. The molecule has 1 radical (unpaired) electrons. The van der Waals surface area contributed by atoms with Crippen molar-refractivity contribution in [1.29, 1.82) is 0 Å². The Morgan fingerprint density at radius 3 is 2.56 bits per heavy atom. The monoisotopic (exact) mass is 177 g/mol. The molecule has 0 aromatic rings. The van der Waals surface area contributed by atoms with E-state index in [0.29, 0.717) is 6.42 Å². The van der Waals surface area contributed by atoms with Crippen LogP contribution in [-0.2, 0) is 21.9 Å². The van der Waals surface area contributed by atoms with Gasteiger partial charge in [-0.1, -0.05) is 6.08 Å². The molecule has 57 valence electrons. The number of rotatable bonds is 4. The molecule has 0 fully saturated rings. The summed E-state index contributed by atoms with van der Waals surface area (Å²) in [6.07, 6.45) is 3.49. The third kappa shape index (κ3) is 11.3. The number of aliphatic carboxylic acids is 1. The third-order valence-electron chi connectivity index (χ3n) is 0.799. The number of carboxylic acid groups (broad SMARTS) is 1. The topological polar surface area (TPSA) is 37.3 Å². The zero-order chi connectivity index (χ0) is 6.41. The van der Waals surface area contributed by atoms with E-state index in [0.717, 1.165) is 6.42 Å². The van der Waals surface area contributed by atoms with Crippen LogP contribution in [0.15, 0.2) is 12.7 Å². The molecule has 0 aromatic carbocycles. The molecule has 0 aliphatic carbocycles. The van der Waals surface area contributed by atoms with Crippen molar-refractivity contribution in [1.82, 2.24) is 0 Å². The van der Waals surface area contributed by atoms with Gasteiger partial charge in [0.1, 0.15) is 0 Å². The van der Waals surface area contributed by atoms with E-state index >= 15 is 0 Å². The Balaban J connectivity index is 0. The predicted molar refractivity (Wildman–Crippen MR) is 31.7 cm³/mol. The van der Waals surface area contributed by atoms with E-state index in [-0.39, 0.29) is 23.5 Å². The SMILES string of the molecule is C=CCCCC(=O)O.[Cu]. The number of hydrogen-bond acceptors (Lipinski definition) is 1. The van der Waals surface area contributed by atoms with Crippen LogP contribution in [0.4, 0.5) is 0 Å². The van der Waals surface area contributed by atoms with Crippen molar-refractivity contribution in [3.05, 3.63) is 12.7 Å². The molecule has 9 heavy (non-hydrogen) atoms. The van der Waals surface area contributed by atoms with Crippen LogP contribution in [-0.4, -0.2) is 11.1 Å². The Bertz CT molecular complexity index is 91.1. The van der Waals surface area contributed by atoms with Gasteiger partial charge in [0.15, 0.2) is 0 Å². The van der Waals surface area contributed by atoms with Gasteiger partial charge in [-0.25, -0.2) is 0 Å². The van der Waals surface area contributed by atoms with Crippen LogP contribution in [0.1, 0.15) is 19.3 Å². The molecule has 0 rings (SSSR count). The molecule has 0 saturated heterocycles. The van der Waals surface area contributed by atoms with E-state index in [4.69, 9.17) is 5.11 Å². The number of carbonyl (C=O) groups is 1. The molecule has 0 atom stereocenters. The molecule has 0 aliphatic rings. The molecule has 0 amide bonds. The first kappa shape index (κ1) is 11.5. The Kier molecular flexibility index (Phi) is 9.89. The number of hydrogen-bond donors (Lipinski definition) is 1. The minimum absolute atomic E-state index is 0. The Morgan fingerprint density at radius 1 is 1.67 bits per heavy atom. The van der Waals surface area contributed by atoms with E-state index < -0.39 is 5.97 Å². The second-order valence-electron chi connectivity index (χ2n) is 1.57. The second-order valence-corrected chi connectivity index (χ2v) is 1.57. The maximum absolute atomic E-state index is 9.84. The largest absolute Gasteiger partial charge is 0.481 e. The van der Waals surface area contributed by atoms with Crippen molar-refractivity contribution in [3.8, 4) is 0 Å². The first-order chi connectivity index (χ1) is 3.77. The molecular weight excluding hydrogens is 168 g/mol. The maximum Gasteiger partial charge on any atom is 0.303 e. The summed E-state index contributed by atoms with van der Waals surface area (Å²) in [6.45, 7) is 3.46. The van der Waals surface area contributed by atoms with E-state index in [1.54, 1.807) is 6.08 Å². The van der Waals surface area contributed by atoms with Gasteiger partial charge >= 0.3 is 5.97 Å². The summed E-state index contributed by atoms with van der Waals surface area (Å²) in [5.41, 5.74) is 0. The summed E-state index contributed by atoms with van der Waals surface area (Å²) >= 11 is 0. The fraction of sp³-hybridized carbons (Fsp3) is 0.500. The smallest absolute Gasteiger partial charge is 0.303 e. The van der Waals surface area contributed by atoms with Crippen LogP contribution in [0.5, 0.6) is 0 Å². The van der Waals surface area contributed by atoms with Gasteiger partial charge in [0.25, 0.3) is 0 Å². The van der Waals surface area contributed by atoms with Crippen LogP contribution < -0.4 is 0 Å². The quantitative estimate of drug-likeness (QED) is 0.401. The van der Waals surface area contributed by atoms with Gasteiger partial charge in [0.2, 0.25) is 0 Å². The molecular formula is C6H10CuO2. The van der Waals surface area contributed by atoms with Gasteiger partial charge in [0.05, 0.1) is 0 Å². The van der Waals surface area contributed by atoms with Crippen LogP contribution in [0, 0.1) is 0 Å². The third-order valence-corrected chi connectivity index (χ3v) is 0.799. The molecule has 0 unspecified atom stereocenters. The van der Waals surface area contributed by atoms with Gasteiger partial charge in [-0.15, -0.1) is 6.58 Å². The molecule has 0 bridgehead atoms. The minimum Gasteiger partial charge on any atom is -0.481 e. The summed E-state index contributed by atoms with van der Waals surface area (Å²) in [4.78, 5) is 9.84. The average molecular weight is 178 g/mol. The van der Waals surface area contributed by atoms with E-state index in [2.05, 4.69) is 6.58 Å². The normalized spacial score (nSPS) is 7.56. The predicted octanol–water partition coefficient (Wildman–Crippen LogP) is 1.42. The first-order valence-electron chi connectivity index (χ1n) is 2.60. The van der Waals surface area contributed by atoms with Crippen molar-refractivity contribution in [2.45, 2.75) is 19.3 Å². The molecule has 3 heteroatoms. The summed E-state index contributed by atoms with van der Waals surface area (Å²) in [6, 6.07) is 0. The van der Waals surface area contributed by atoms with E-state index in [1.165, 1.54) is 0 Å². The number of allylic oxidation sites excluding steroid dienone is 1. The van der Waals surface area contributed by atoms with E-state index in [1.807, 2.05) is 0 Å². The van der Waals surface area contributed by atoms with Crippen molar-refractivity contribution in [2.24, 2.45) is 0 Å². The van der Waals surface area contributed by atoms with Gasteiger partial charge < -0.3 is 5.11 Å². The zero-order valence-electron chi connectivity index (χ0n) is 5.06. The van der Waals surface area contributed by atoms with Gasteiger partial charge in [-0.3, -0.25) is 4.79 Å². The molecule has 0 heterocycles. The van der Waals surface area contributed by atoms with Crippen molar-refractivity contribution >= 4 is 5.97 Å². The van der Waals surface area contributed by atoms with Crippen LogP contribution in [0.25, 0.3) is 0 Å². The summed E-state index contributed by atoms with van der Waals surface area (Å²) in [5.74, 6) is -0.730. The summed E-state index contributed by atoms with van der Waals surface area (Å²) in [7, 11) is 0. The molecule has 0 spiro atoms. The van der Waals surface area contributed by atoms with Crippen LogP contribution >= 0.6 is 0 Å². The fourth-order valence-corrected chi connectivity index (χ4v) is 0.398.